The first kappa shape index (κ1) is 26.4. The lowest BCUT2D eigenvalue weighted by atomic mass is 10.0. The predicted molar refractivity (Wildman–Crippen MR) is 156 cm³/mol. The van der Waals surface area contributed by atoms with E-state index >= 15 is 0 Å². The Labute approximate surface area is 230 Å². The third-order valence-corrected chi connectivity index (χ3v) is 7.80. The number of carbonyl (C=O) groups is 1. The third-order valence-electron chi connectivity index (χ3n) is 7.55. The third kappa shape index (κ3) is 6.07. The summed E-state index contributed by atoms with van der Waals surface area (Å²) >= 11 is 6.03. The number of rotatable bonds is 5. The smallest absolute Gasteiger partial charge is 0.255 e. The maximum atomic E-state index is 13.2. The molecule has 0 radical (unpaired) electrons. The molecule has 6 nitrogen and oxygen atoms in total. The highest BCUT2D eigenvalue weighted by atomic mass is 35.5. The number of nitrogens with zero attached hydrogens (tertiary/aromatic N) is 3. The number of hydrogen-bond donors (Lipinski definition) is 1. The van der Waals surface area contributed by atoms with Gasteiger partial charge in [-0.15, -0.1) is 5.92 Å². The average Bonchev–Trinajstić information content (AvgIpc) is 2.94. The molecule has 0 saturated carbocycles. The van der Waals surface area contributed by atoms with E-state index in [1.807, 2.05) is 62.5 Å². The molecule has 0 atom stereocenters. The predicted octanol–water partition coefficient (Wildman–Crippen LogP) is 5.30. The van der Waals surface area contributed by atoms with Crippen molar-refractivity contribution < 1.29 is 9.53 Å². The molecule has 0 aliphatic carbocycles. The number of carbonyl (C=O) groups excluding carboxylic acids is 1. The summed E-state index contributed by atoms with van der Waals surface area (Å²) in [5, 5.41) is 3.80. The van der Waals surface area contributed by atoms with Gasteiger partial charge in [0.2, 0.25) is 0 Å². The number of ether oxygens (including phenoxy) is 1. The quantitative estimate of drug-likeness (QED) is 0.531. The zero-order valence-electron chi connectivity index (χ0n) is 22.2. The normalized spacial score (nSPS) is 18.8. The summed E-state index contributed by atoms with van der Waals surface area (Å²) in [6.07, 6.45) is 6.24. The van der Waals surface area contributed by atoms with E-state index in [0.717, 1.165) is 80.4 Å². The number of nitrogens with one attached hydrogen (secondary N) is 1. The van der Waals surface area contributed by atoms with Gasteiger partial charge in [-0.25, -0.2) is 0 Å². The molecule has 1 amide bonds. The molecular formula is C31H35ClN4O2. The Morgan fingerprint density at radius 2 is 1.79 bits per heavy atom. The summed E-state index contributed by atoms with van der Waals surface area (Å²) in [5.74, 6) is 6.20. The minimum absolute atomic E-state index is 0.109. The number of piperazine rings is 1. The number of benzene rings is 2. The highest BCUT2D eigenvalue weighted by Crippen LogP contribution is 2.28. The van der Waals surface area contributed by atoms with E-state index < -0.39 is 0 Å². The van der Waals surface area contributed by atoms with Crippen molar-refractivity contribution in [2.45, 2.75) is 32.7 Å². The van der Waals surface area contributed by atoms with Crippen molar-refractivity contribution in [2.75, 3.05) is 61.1 Å². The van der Waals surface area contributed by atoms with Crippen LogP contribution < -0.4 is 15.1 Å². The van der Waals surface area contributed by atoms with E-state index in [4.69, 9.17) is 16.3 Å². The molecular weight excluding hydrogens is 496 g/mol. The first-order valence-corrected chi connectivity index (χ1v) is 13.8. The second-order valence-corrected chi connectivity index (χ2v) is 10.4. The molecule has 0 bridgehead atoms. The Morgan fingerprint density at radius 1 is 1.05 bits per heavy atom. The fourth-order valence-electron chi connectivity index (χ4n) is 5.49. The molecule has 7 heteroatoms. The molecule has 3 heterocycles. The molecule has 0 spiro atoms. The van der Waals surface area contributed by atoms with Gasteiger partial charge in [0.05, 0.1) is 5.69 Å². The van der Waals surface area contributed by atoms with Gasteiger partial charge in [-0.05, 0) is 74.7 Å². The number of amides is 1. The van der Waals surface area contributed by atoms with Crippen LogP contribution in [0.2, 0.25) is 5.02 Å². The molecule has 0 aromatic heterocycles. The van der Waals surface area contributed by atoms with Gasteiger partial charge >= 0.3 is 0 Å². The van der Waals surface area contributed by atoms with Crippen LogP contribution in [0.15, 0.2) is 65.9 Å². The van der Waals surface area contributed by atoms with Gasteiger partial charge in [-0.3, -0.25) is 9.69 Å². The first-order chi connectivity index (χ1) is 18.5. The van der Waals surface area contributed by atoms with E-state index in [0.29, 0.717) is 23.2 Å². The maximum Gasteiger partial charge on any atom is 0.255 e. The molecule has 0 unspecified atom stereocenters. The maximum absolute atomic E-state index is 13.2. The van der Waals surface area contributed by atoms with Crippen molar-refractivity contribution in [2.24, 2.45) is 0 Å². The summed E-state index contributed by atoms with van der Waals surface area (Å²) in [6, 6.07) is 14.4. The van der Waals surface area contributed by atoms with Gasteiger partial charge in [-0.2, -0.15) is 0 Å². The van der Waals surface area contributed by atoms with E-state index in [1.165, 1.54) is 0 Å². The zero-order chi connectivity index (χ0) is 26.5. The van der Waals surface area contributed by atoms with Crippen molar-refractivity contribution in [1.29, 1.82) is 0 Å². The lowest BCUT2D eigenvalue weighted by Crippen LogP contribution is -2.51. The SMILES string of the molecule is CC#Cc1cc(NC(=O)C2=CCN(c3ccc(Cl)cc3)C=C2C)ccc1N1CCN(C2CCOCC2)CC1. The fraction of sp³-hybridized carbons (Fsp3) is 0.387. The fourth-order valence-corrected chi connectivity index (χ4v) is 5.62. The van der Waals surface area contributed by atoms with Gasteiger partial charge in [0.1, 0.15) is 0 Å². The van der Waals surface area contributed by atoms with Crippen molar-refractivity contribution in [1.82, 2.24) is 4.90 Å². The van der Waals surface area contributed by atoms with Gasteiger partial charge < -0.3 is 19.9 Å². The highest BCUT2D eigenvalue weighted by Gasteiger charge is 2.26. The molecule has 1 N–H and O–H groups in total. The molecule has 2 fully saturated rings. The van der Waals surface area contributed by atoms with Gasteiger partial charge in [0.15, 0.2) is 0 Å². The van der Waals surface area contributed by atoms with E-state index in [-0.39, 0.29) is 5.91 Å². The average molecular weight is 531 g/mol. The molecule has 2 aromatic carbocycles. The van der Waals surface area contributed by atoms with E-state index in [1.54, 1.807) is 0 Å². The second-order valence-electron chi connectivity index (χ2n) is 9.99. The highest BCUT2D eigenvalue weighted by molar-refractivity contribution is 6.30. The number of anilines is 3. The summed E-state index contributed by atoms with van der Waals surface area (Å²) in [5.41, 5.74) is 5.48. The Bertz CT molecular complexity index is 1280. The van der Waals surface area contributed by atoms with Gasteiger partial charge in [0.25, 0.3) is 5.91 Å². The molecule has 3 aliphatic heterocycles. The van der Waals surface area contributed by atoms with Gasteiger partial charge in [0, 0.05) is 85.7 Å². The van der Waals surface area contributed by atoms with Crippen LogP contribution in [0.1, 0.15) is 32.3 Å². The second kappa shape index (κ2) is 12.1. The van der Waals surface area contributed by atoms with Crippen molar-refractivity contribution in [3.63, 3.8) is 0 Å². The molecule has 3 aliphatic rings. The van der Waals surface area contributed by atoms with Crippen LogP contribution >= 0.6 is 11.6 Å². The monoisotopic (exact) mass is 530 g/mol. The number of hydrogen-bond acceptors (Lipinski definition) is 5. The van der Waals surface area contributed by atoms with Crippen molar-refractivity contribution >= 4 is 34.6 Å². The molecule has 38 heavy (non-hydrogen) atoms. The summed E-state index contributed by atoms with van der Waals surface area (Å²) in [4.78, 5) is 20.3. The Balaban J connectivity index is 1.24. The van der Waals surface area contributed by atoms with Crippen LogP contribution in [0, 0.1) is 11.8 Å². The standard InChI is InChI=1S/C31H35ClN4O2/c1-3-4-24-21-26(7-10-30(24)35-17-15-34(16-18-35)28-12-19-38-20-13-28)33-31(37)29-11-14-36(22-23(29)2)27-8-5-25(32)6-9-27/h5-11,21-22,28H,12-20H2,1-2H3,(H,33,37). The van der Waals surface area contributed by atoms with Crippen molar-refractivity contribution in [3.8, 4) is 11.8 Å². The lowest BCUT2D eigenvalue weighted by Gasteiger charge is -2.41. The summed E-state index contributed by atoms with van der Waals surface area (Å²) in [6.45, 7) is 10.2. The van der Waals surface area contributed by atoms with E-state index in [2.05, 4.69) is 37.9 Å². The lowest BCUT2D eigenvalue weighted by molar-refractivity contribution is -0.112. The van der Waals surface area contributed by atoms with Crippen LogP contribution in [0.25, 0.3) is 0 Å². The number of halogens is 1. The minimum atomic E-state index is -0.109. The van der Waals surface area contributed by atoms with Crippen LogP contribution in [-0.2, 0) is 9.53 Å². The van der Waals surface area contributed by atoms with Crippen LogP contribution in [0.5, 0.6) is 0 Å². The van der Waals surface area contributed by atoms with Crippen LogP contribution in [0.3, 0.4) is 0 Å². The Morgan fingerprint density at radius 3 is 2.47 bits per heavy atom. The Kier molecular flexibility index (Phi) is 8.38. The molecule has 5 rings (SSSR count). The largest absolute Gasteiger partial charge is 0.381 e. The molecule has 2 aromatic rings. The van der Waals surface area contributed by atoms with Crippen LogP contribution in [-0.4, -0.2) is 62.8 Å². The van der Waals surface area contributed by atoms with Crippen LogP contribution in [0.4, 0.5) is 17.1 Å². The molecule has 198 valence electrons. The summed E-state index contributed by atoms with van der Waals surface area (Å²) in [7, 11) is 0. The van der Waals surface area contributed by atoms with E-state index in [9.17, 15) is 4.79 Å². The summed E-state index contributed by atoms with van der Waals surface area (Å²) < 4.78 is 5.54. The molecule has 2 saturated heterocycles. The van der Waals surface area contributed by atoms with Gasteiger partial charge in [-0.1, -0.05) is 23.6 Å². The zero-order valence-corrected chi connectivity index (χ0v) is 22.9. The minimum Gasteiger partial charge on any atom is -0.381 e. The topological polar surface area (TPSA) is 48.1 Å². The Hall–Kier alpha value is -3.24. The first-order valence-electron chi connectivity index (χ1n) is 13.4. The van der Waals surface area contributed by atoms with Crippen molar-refractivity contribution in [3.05, 3.63) is 76.5 Å².